The molecule has 0 bridgehead atoms. The van der Waals surface area contributed by atoms with E-state index in [9.17, 15) is 9.59 Å². The number of aliphatic carboxylic acids is 1. The molecule has 3 atom stereocenters. The monoisotopic (exact) mass is 268 g/mol. The lowest BCUT2D eigenvalue weighted by Crippen LogP contribution is -2.48. The number of likely N-dealkylation sites (tertiary alicyclic amines) is 1. The summed E-state index contributed by atoms with van der Waals surface area (Å²) in [5.74, 6) is -0.0574. The Bertz CT molecular complexity index is 340. The minimum absolute atomic E-state index is 0.00599. The van der Waals surface area contributed by atoms with E-state index in [0.29, 0.717) is 5.92 Å². The van der Waals surface area contributed by atoms with Crippen LogP contribution in [0, 0.1) is 11.8 Å². The number of hydrogen-bond acceptors (Lipinski definition) is 3. The van der Waals surface area contributed by atoms with Gasteiger partial charge < -0.3 is 15.3 Å². The van der Waals surface area contributed by atoms with Gasteiger partial charge >= 0.3 is 5.97 Å². The number of carbonyl (C=O) groups excluding carboxylic acids is 1. The molecule has 2 aliphatic rings. The Morgan fingerprint density at radius 1 is 1.37 bits per heavy atom. The van der Waals surface area contributed by atoms with Crippen LogP contribution in [0.5, 0.6) is 0 Å². The highest BCUT2D eigenvalue weighted by atomic mass is 16.4. The first-order chi connectivity index (χ1) is 9.08. The van der Waals surface area contributed by atoms with Gasteiger partial charge in [-0.2, -0.15) is 0 Å². The zero-order chi connectivity index (χ0) is 13.8. The fraction of sp³-hybridized carbons (Fsp3) is 0.857. The van der Waals surface area contributed by atoms with E-state index in [0.717, 1.165) is 45.3 Å². The molecule has 2 heterocycles. The molecule has 2 N–H and O–H groups in total. The van der Waals surface area contributed by atoms with Gasteiger partial charge in [0.15, 0.2) is 0 Å². The highest BCUT2D eigenvalue weighted by molar-refractivity contribution is 5.82. The van der Waals surface area contributed by atoms with E-state index in [2.05, 4.69) is 5.32 Å². The quantitative estimate of drug-likeness (QED) is 0.800. The summed E-state index contributed by atoms with van der Waals surface area (Å²) < 4.78 is 0. The van der Waals surface area contributed by atoms with Crippen LogP contribution in [0.15, 0.2) is 0 Å². The summed E-state index contributed by atoms with van der Waals surface area (Å²) in [6.07, 6.45) is 4.24. The van der Waals surface area contributed by atoms with Gasteiger partial charge in [0.05, 0.1) is 6.04 Å². The molecule has 1 amide bonds. The van der Waals surface area contributed by atoms with E-state index in [4.69, 9.17) is 5.11 Å². The van der Waals surface area contributed by atoms with E-state index >= 15 is 0 Å². The Morgan fingerprint density at radius 2 is 2.16 bits per heavy atom. The summed E-state index contributed by atoms with van der Waals surface area (Å²) in [7, 11) is 0. The van der Waals surface area contributed by atoms with Gasteiger partial charge in [0.2, 0.25) is 5.91 Å². The fourth-order valence-electron chi connectivity index (χ4n) is 3.23. The maximum atomic E-state index is 12.3. The smallest absolute Gasteiger partial charge is 0.303 e. The topological polar surface area (TPSA) is 69.6 Å². The molecule has 0 aromatic rings. The molecule has 2 saturated heterocycles. The third kappa shape index (κ3) is 3.69. The normalized spacial score (nSPS) is 29.2. The van der Waals surface area contributed by atoms with Crippen LogP contribution in [0.25, 0.3) is 0 Å². The minimum Gasteiger partial charge on any atom is -0.481 e. The second-order valence-electron chi connectivity index (χ2n) is 5.91. The molecule has 108 valence electrons. The van der Waals surface area contributed by atoms with Crippen LogP contribution < -0.4 is 5.32 Å². The summed E-state index contributed by atoms with van der Waals surface area (Å²) in [6, 6.07) is -0.00599. The van der Waals surface area contributed by atoms with Crippen molar-refractivity contribution in [2.75, 3.05) is 19.6 Å². The average Bonchev–Trinajstić information content (AvgIpc) is 2.91. The number of carbonyl (C=O) groups is 2. The van der Waals surface area contributed by atoms with Gasteiger partial charge in [-0.25, -0.2) is 0 Å². The molecule has 0 spiro atoms. The Kier molecular flexibility index (Phi) is 4.80. The van der Waals surface area contributed by atoms with Gasteiger partial charge in [0.1, 0.15) is 0 Å². The molecular formula is C14H24N2O3. The highest BCUT2D eigenvalue weighted by Crippen LogP contribution is 2.27. The number of hydrogen-bond donors (Lipinski definition) is 2. The summed E-state index contributed by atoms with van der Waals surface area (Å²) >= 11 is 0. The summed E-state index contributed by atoms with van der Waals surface area (Å²) in [5.41, 5.74) is 0. The Hall–Kier alpha value is -1.10. The molecule has 5 heteroatoms. The number of piperidine rings is 1. The van der Waals surface area contributed by atoms with Crippen molar-refractivity contribution in [3.8, 4) is 0 Å². The summed E-state index contributed by atoms with van der Waals surface area (Å²) in [4.78, 5) is 25.1. The van der Waals surface area contributed by atoms with E-state index in [1.54, 1.807) is 0 Å². The van der Waals surface area contributed by atoms with Crippen LogP contribution in [0.3, 0.4) is 0 Å². The van der Waals surface area contributed by atoms with Crippen LogP contribution in [-0.2, 0) is 9.59 Å². The van der Waals surface area contributed by atoms with Gasteiger partial charge in [-0.15, -0.1) is 0 Å². The fourth-order valence-corrected chi connectivity index (χ4v) is 3.23. The lowest BCUT2D eigenvalue weighted by molar-refractivity contribution is -0.138. The molecule has 0 aromatic carbocycles. The number of amides is 1. The average molecular weight is 268 g/mol. The maximum absolute atomic E-state index is 12.3. The van der Waals surface area contributed by atoms with Crippen molar-refractivity contribution >= 4 is 11.9 Å². The van der Waals surface area contributed by atoms with E-state index < -0.39 is 5.97 Å². The van der Waals surface area contributed by atoms with Crippen LogP contribution in [0.2, 0.25) is 0 Å². The van der Waals surface area contributed by atoms with Gasteiger partial charge in [0, 0.05) is 19.5 Å². The van der Waals surface area contributed by atoms with Crippen molar-refractivity contribution in [1.29, 1.82) is 0 Å². The number of nitrogens with zero attached hydrogens (tertiary/aromatic N) is 1. The molecule has 2 fully saturated rings. The number of rotatable bonds is 4. The predicted molar refractivity (Wildman–Crippen MR) is 71.7 cm³/mol. The zero-order valence-electron chi connectivity index (χ0n) is 11.6. The van der Waals surface area contributed by atoms with Gasteiger partial charge in [-0.05, 0) is 44.1 Å². The Labute approximate surface area is 114 Å². The number of nitrogens with one attached hydrogen (secondary N) is 1. The van der Waals surface area contributed by atoms with E-state index in [-0.39, 0.29) is 24.3 Å². The summed E-state index contributed by atoms with van der Waals surface area (Å²) in [5, 5.41) is 12.1. The Morgan fingerprint density at radius 3 is 2.79 bits per heavy atom. The highest BCUT2D eigenvalue weighted by Gasteiger charge is 2.32. The third-order valence-electron chi connectivity index (χ3n) is 4.43. The van der Waals surface area contributed by atoms with Crippen molar-refractivity contribution in [2.24, 2.45) is 11.8 Å². The molecular weight excluding hydrogens is 244 g/mol. The molecule has 19 heavy (non-hydrogen) atoms. The molecule has 2 rings (SSSR count). The molecule has 2 aliphatic heterocycles. The van der Waals surface area contributed by atoms with Gasteiger partial charge in [-0.3, -0.25) is 9.59 Å². The molecule has 5 nitrogen and oxygen atoms in total. The standard InChI is InChI=1S/C14H24N2O3/c1-10(8-13(17)18)11-4-3-7-16(9-11)14(19)12-5-2-6-15-12/h10-12,15H,2-9H2,1H3,(H,17,18)/t10?,11?,12-/m0/s1. The van der Waals surface area contributed by atoms with Crippen molar-refractivity contribution in [1.82, 2.24) is 10.2 Å². The summed E-state index contributed by atoms with van der Waals surface area (Å²) in [6.45, 7) is 4.47. The first-order valence-electron chi connectivity index (χ1n) is 7.32. The Balaban J connectivity index is 1.89. The third-order valence-corrected chi connectivity index (χ3v) is 4.43. The maximum Gasteiger partial charge on any atom is 0.303 e. The molecule has 0 aliphatic carbocycles. The van der Waals surface area contributed by atoms with Crippen molar-refractivity contribution < 1.29 is 14.7 Å². The van der Waals surface area contributed by atoms with E-state index in [1.807, 2.05) is 11.8 Å². The zero-order valence-corrected chi connectivity index (χ0v) is 11.6. The SMILES string of the molecule is CC(CC(=O)O)C1CCCN(C(=O)[C@@H]2CCCN2)C1. The van der Waals surface area contributed by atoms with Crippen LogP contribution in [0.1, 0.15) is 39.0 Å². The van der Waals surface area contributed by atoms with Gasteiger partial charge in [0.25, 0.3) is 0 Å². The largest absolute Gasteiger partial charge is 0.481 e. The second-order valence-corrected chi connectivity index (χ2v) is 5.91. The molecule has 2 unspecified atom stereocenters. The number of carboxylic acid groups (broad SMARTS) is 1. The van der Waals surface area contributed by atoms with Crippen molar-refractivity contribution in [3.05, 3.63) is 0 Å². The first kappa shape index (κ1) is 14.3. The van der Waals surface area contributed by atoms with Crippen LogP contribution in [0.4, 0.5) is 0 Å². The first-order valence-corrected chi connectivity index (χ1v) is 7.32. The predicted octanol–water partition coefficient (Wildman–Crippen LogP) is 1.09. The molecule has 0 radical (unpaired) electrons. The van der Waals surface area contributed by atoms with Gasteiger partial charge in [-0.1, -0.05) is 6.92 Å². The number of carboxylic acids is 1. The second kappa shape index (κ2) is 6.37. The molecule has 0 saturated carbocycles. The minimum atomic E-state index is -0.742. The lowest BCUT2D eigenvalue weighted by atomic mass is 9.84. The van der Waals surface area contributed by atoms with Crippen LogP contribution >= 0.6 is 0 Å². The van der Waals surface area contributed by atoms with Crippen molar-refractivity contribution in [2.45, 2.75) is 45.1 Å². The lowest BCUT2D eigenvalue weighted by Gasteiger charge is -2.36. The van der Waals surface area contributed by atoms with Crippen molar-refractivity contribution in [3.63, 3.8) is 0 Å². The van der Waals surface area contributed by atoms with Crippen LogP contribution in [-0.4, -0.2) is 47.6 Å². The molecule has 0 aromatic heterocycles. The van der Waals surface area contributed by atoms with E-state index in [1.165, 1.54) is 0 Å².